The Balaban J connectivity index is 1.78. The average molecular weight is 456 g/mol. The summed E-state index contributed by atoms with van der Waals surface area (Å²) in [7, 11) is 0.196. The summed E-state index contributed by atoms with van der Waals surface area (Å²) in [6.45, 7) is 8.02. The lowest BCUT2D eigenvalue weighted by Gasteiger charge is -2.23. The number of aliphatic hydroxyl groups excluding tert-OH is 1. The largest absolute Gasteiger partial charge is 0.391 e. The van der Waals surface area contributed by atoms with Crippen LogP contribution in [0.3, 0.4) is 0 Å². The molecule has 0 aromatic heterocycles. The molecule has 2 unspecified atom stereocenters. The molecule has 1 aliphatic heterocycles. The Morgan fingerprint density at radius 1 is 1.12 bits per heavy atom. The van der Waals surface area contributed by atoms with E-state index in [1.807, 2.05) is 36.4 Å². The molecule has 8 heteroatoms. The Hall–Kier alpha value is -2.68. The van der Waals surface area contributed by atoms with Crippen LogP contribution in [-0.2, 0) is 16.1 Å². The van der Waals surface area contributed by atoms with Gasteiger partial charge >= 0.3 is 6.03 Å². The average Bonchev–Trinajstić information content (AvgIpc) is 3.19. The highest BCUT2D eigenvalue weighted by Gasteiger charge is 2.29. The fourth-order valence-electron chi connectivity index (χ4n) is 3.68. The van der Waals surface area contributed by atoms with Crippen molar-refractivity contribution < 1.29 is 19.4 Å². The number of anilines is 1. The molecule has 0 saturated carbocycles. The minimum Gasteiger partial charge on any atom is -0.391 e. The number of methoxy groups -OCH3 is 1. The number of nitrogens with one attached hydrogen (secondary N) is 2. The third kappa shape index (κ3) is 6.18. The zero-order valence-corrected chi connectivity index (χ0v) is 20.2. The molecule has 0 radical (unpaired) electrons. The lowest BCUT2D eigenvalue weighted by atomic mass is 10.0. The monoisotopic (exact) mass is 455 g/mol. The minimum absolute atomic E-state index is 0.269. The van der Waals surface area contributed by atoms with Crippen molar-refractivity contribution in [1.29, 1.82) is 0 Å². The number of amides is 3. The van der Waals surface area contributed by atoms with Gasteiger partial charge < -0.3 is 25.4 Å². The summed E-state index contributed by atoms with van der Waals surface area (Å²) in [4.78, 5) is 27.5. The molecule has 3 rings (SSSR count). The van der Waals surface area contributed by atoms with Crippen molar-refractivity contribution in [3.05, 3.63) is 59.7 Å². The van der Waals surface area contributed by atoms with Gasteiger partial charge in [-0.25, -0.2) is 4.79 Å². The van der Waals surface area contributed by atoms with E-state index in [-0.39, 0.29) is 18.5 Å². The van der Waals surface area contributed by atoms with E-state index in [9.17, 15) is 14.7 Å². The van der Waals surface area contributed by atoms with Crippen LogP contribution in [0.4, 0.5) is 10.5 Å². The summed E-state index contributed by atoms with van der Waals surface area (Å²) in [5, 5.41) is 16.8. The number of β-amino-alcohol motifs (C(OH)–C–C–N with tert-alkyl or cyclic N) is 1. The van der Waals surface area contributed by atoms with E-state index in [4.69, 9.17) is 4.74 Å². The summed E-state index contributed by atoms with van der Waals surface area (Å²) in [6, 6.07) is 14.1. The quantitative estimate of drug-likeness (QED) is 0.560. The molecule has 2 aromatic rings. The number of rotatable bonds is 7. The second-order valence-electron chi connectivity index (χ2n) is 9.26. The molecule has 1 saturated heterocycles. The van der Waals surface area contributed by atoms with Crippen LogP contribution in [0.2, 0.25) is 19.6 Å². The summed E-state index contributed by atoms with van der Waals surface area (Å²) in [5.74, 6) is -0.321. The number of urea groups is 1. The molecule has 1 fully saturated rings. The molecule has 1 aliphatic rings. The van der Waals surface area contributed by atoms with E-state index in [1.54, 1.807) is 7.11 Å². The molecule has 7 nitrogen and oxygen atoms in total. The summed E-state index contributed by atoms with van der Waals surface area (Å²) >= 11 is 0. The lowest BCUT2D eigenvalue weighted by molar-refractivity contribution is -0.118. The van der Waals surface area contributed by atoms with Gasteiger partial charge in [-0.05, 0) is 29.7 Å². The van der Waals surface area contributed by atoms with E-state index in [0.29, 0.717) is 30.8 Å². The Bertz CT molecular complexity index is 926. The van der Waals surface area contributed by atoms with Crippen LogP contribution in [-0.4, -0.2) is 56.3 Å². The van der Waals surface area contributed by atoms with E-state index >= 15 is 0 Å². The van der Waals surface area contributed by atoms with Crippen LogP contribution in [0.1, 0.15) is 23.6 Å². The first-order valence-corrected chi connectivity index (χ1v) is 14.4. The Labute approximate surface area is 190 Å². The predicted molar refractivity (Wildman–Crippen MR) is 129 cm³/mol. The van der Waals surface area contributed by atoms with E-state index in [2.05, 4.69) is 42.4 Å². The summed E-state index contributed by atoms with van der Waals surface area (Å²) in [5.41, 5.74) is 2.34. The van der Waals surface area contributed by atoms with Crippen molar-refractivity contribution in [1.82, 2.24) is 10.2 Å². The number of likely N-dealkylation sites (tertiary alicyclic amines) is 1. The highest BCUT2D eigenvalue weighted by Crippen LogP contribution is 2.19. The molecule has 32 heavy (non-hydrogen) atoms. The standard InChI is InChI=1S/C24H33N3O4Si/c1-31-16-17-5-7-18(8-6-17)22(26-24(30)27-14-13-20(28)15-27)23(29)25-19-9-11-21(12-10-19)32(2,3)4/h5-12,20,22,28H,13-16H2,1-4H3,(H,25,29)(H,26,30). The van der Waals surface area contributed by atoms with Crippen LogP contribution in [0.15, 0.2) is 48.5 Å². The first-order chi connectivity index (χ1) is 15.2. The summed E-state index contributed by atoms with van der Waals surface area (Å²) in [6.07, 6.45) is 0.0191. The second-order valence-corrected chi connectivity index (χ2v) is 14.3. The van der Waals surface area contributed by atoms with Crippen LogP contribution in [0, 0.1) is 0 Å². The first kappa shape index (κ1) is 24.0. The van der Waals surface area contributed by atoms with Crippen LogP contribution >= 0.6 is 0 Å². The topological polar surface area (TPSA) is 90.9 Å². The van der Waals surface area contributed by atoms with Crippen molar-refractivity contribution in [2.75, 3.05) is 25.5 Å². The van der Waals surface area contributed by atoms with Gasteiger partial charge in [0.05, 0.1) is 20.8 Å². The number of carbonyl (C=O) groups is 2. The van der Waals surface area contributed by atoms with Gasteiger partial charge in [-0.2, -0.15) is 0 Å². The summed E-state index contributed by atoms with van der Waals surface area (Å²) < 4.78 is 5.15. The molecule has 3 amide bonds. The second kappa shape index (κ2) is 10.3. The van der Waals surface area contributed by atoms with Gasteiger partial charge in [0, 0.05) is 25.9 Å². The maximum absolute atomic E-state index is 13.2. The fourth-order valence-corrected chi connectivity index (χ4v) is 4.85. The first-order valence-electron chi connectivity index (χ1n) is 10.9. The number of benzene rings is 2. The molecule has 172 valence electrons. The highest BCUT2D eigenvalue weighted by atomic mass is 28.3. The molecular weight excluding hydrogens is 422 g/mol. The van der Waals surface area contributed by atoms with E-state index in [1.165, 1.54) is 10.1 Å². The molecule has 0 bridgehead atoms. The zero-order valence-electron chi connectivity index (χ0n) is 19.2. The predicted octanol–water partition coefficient (Wildman–Crippen LogP) is 2.83. The zero-order chi connectivity index (χ0) is 23.3. The minimum atomic E-state index is -1.43. The van der Waals surface area contributed by atoms with Crippen LogP contribution in [0.25, 0.3) is 0 Å². The Morgan fingerprint density at radius 3 is 2.31 bits per heavy atom. The maximum atomic E-state index is 13.2. The van der Waals surface area contributed by atoms with Crippen molar-refractivity contribution >= 4 is 30.9 Å². The Morgan fingerprint density at radius 2 is 1.78 bits per heavy atom. The number of hydrogen-bond acceptors (Lipinski definition) is 4. The lowest BCUT2D eigenvalue weighted by Crippen LogP contribution is -2.44. The third-order valence-electron chi connectivity index (χ3n) is 5.62. The number of aliphatic hydroxyl groups is 1. The van der Waals surface area contributed by atoms with Crippen molar-refractivity contribution in [2.24, 2.45) is 0 Å². The number of hydrogen-bond donors (Lipinski definition) is 3. The molecule has 2 aromatic carbocycles. The number of ether oxygens (including phenoxy) is 1. The van der Waals surface area contributed by atoms with Crippen molar-refractivity contribution in [3.8, 4) is 0 Å². The van der Waals surface area contributed by atoms with Gasteiger partial charge in [-0.3, -0.25) is 4.79 Å². The molecule has 0 aliphatic carbocycles. The molecule has 0 spiro atoms. The van der Waals surface area contributed by atoms with E-state index in [0.717, 1.165) is 5.56 Å². The smallest absolute Gasteiger partial charge is 0.318 e. The van der Waals surface area contributed by atoms with Gasteiger partial charge in [-0.1, -0.05) is 61.2 Å². The molecule has 3 N–H and O–H groups in total. The van der Waals surface area contributed by atoms with Gasteiger partial charge in [0.15, 0.2) is 0 Å². The normalized spacial score (nSPS) is 17.2. The van der Waals surface area contributed by atoms with Gasteiger partial charge in [0.1, 0.15) is 6.04 Å². The van der Waals surface area contributed by atoms with Gasteiger partial charge in [0.25, 0.3) is 5.91 Å². The van der Waals surface area contributed by atoms with Crippen LogP contribution < -0.4 is 15.8 Å². The number of nitrogens with zero attached hydrogens (tertiary/aromatic N) is 1. The molecule has 1 heterocycles. The maximum Gasteiger partial charge on any atom is 0.318 e. The van der Waals surface area contributed by atoms with Crippen LogP contribution in [0.5, 0.6) is 0 Å². The fraction of sp³-hybridized carbons (Fsp3) is 0.417. The van der Waals surface area contributed by atoms with Crippen molar-refractivity contribution in [3.63, 3.8) is 0 Å². The van der Waals surface area contributed by atoms with Gasteiger partial charge in [-0.15, -0.1) is 0 Å². The van der Waals surface area contributed by atoms with Crippen molar-refractivity contribution in [2.45, 2.75) is 44.8 Å². The third-order valence-corrected chi connectivity index (χ3v) is 7.69. The number of carbonyl (C=O) groups excluding carboxylic acids is 2. The Kier molecular flexibility index (Phi) is 7.71. The highest BCUT2D eigenvalue weighted by molar-refractivity contribution is 6.88. The van der Waals surface area contributed by atoms with E-state index < -0.39 is 20.2 Å². The molecule has 2 atom stereocenters. The molecular formula is C24H33N3O4Si. The SMILES string of the molecule is COCc1ccc(C(NC(=O)N2CCC(O)C2)C(=O)Nc2ccc([Si](C)(C)C)cc2)cc1. The van der Waals surface area contributed by atoms with Gasteiger partial charge in [0.2, 0.25) is 0 Å².